The monoisotopic (exact) mass is 177 g/mol. The summed E-state index contributed by atoms with van der Waals surface area (Å²) >= 11 is 0. The van der Waals surface area contributed by atoms with Gasteiger partial charge < -0.3 is 9.84 Å². The van der Waals surface area contributed by atoms with Gasteiger partial charge in [-0.2, -0.15) is 0 Å². The van der Waals surface area contributed by atoms with E-state index in [1.807, 2.05) is 0 Å². The van der Waals surface area contributed by atoms with Crippen LogP contribution in [0.3, 0.4) is 0 Å². The second kappa shape index (κ2) is 6.12. The molecule has 0 aliphatic carbocycles. The van der Waals surface area contributed by atoms with Gasteiger partial charge in [-0.15, -0.1) is 6.58 Å². The van der Waals surface area contributed by atoms with Gasteiger partial charge in [-0.3, -0.25) is 4.99 Å². The van der Waals surface area contributed by atoms with Crippen LogP contribution in [0.4, 0.5) is 0 Å². The van der Waals surface area contributed by atoms with Gasteiger partial charge in [0.1, 0.15) is 6.08 Å². The zero-order valence-electron chi connectivity index (χ0n) is 9.13. The largest absolute Gasteiger partial charge is 1.00 e. The maximum atomic E-state index is 11.0. The second-order valence-corrected chi connectivity index (χ2v) is 3.59. The molecule has 70 valence electrons. The Morgan fingerprint density at radius 1 is 1.54 bits per heavy atom. The number of hydrogen-bond donors (Lipinski definition) is 0. The first-order chi connectivity index (χ1) is 5.35. The van der Waals surface area contributed by atoms with E-state index in [9.17, 15) is 5.11 Å². The summed E-state index contributed by atoms with van der Waals surface area (Å²) in [4.78, 5) is 3.70. The maximum Gasteiger partial charge on any atom is 1.00 e. The minimum absolute atomic E-state index is 0. The predicted octanol–water partition coefficient (Wildman–Crippen LogP) is -1.90. The average molecular weight is 177 g/mol. The summed E-state index contributed by atoms with van der Waals surface area (Å²) in [5.74, 6) is 0. The van der Waals surface area contributed by atoms with E-state index in [0.717, 1.165) is 0 Å². The summed E-state index contributed by atoms with van der Waals surface area (Å²) in [6.45, 7) is 10.7. The fraction of sp³-hybridized carbons (Fsp3) is 0.667. The molecular weight excluding hydrogens is 161 g/mol. The van der Waals surface area contributed by atoms with Crippen molar-refractivity contribution in [3.63, 3.8) is 0 Å². The quantitative estimate of drug-likeness (QED) is 0.214. The van der Waals surface area contributed by atoms with Crippen molar-refractivity contribution in [2.45, 2.75) is 39.3 Å². The van der Waals surface area contributed by atoms with E-state index in [0.29, 0.717) is 0 Å². The van der Waals surface area contributed by atoms with Crippen LogP contribution in [0.1, 0.15) is 27.7 Å². The third-order valence-electron chi connectivity index (χ3n) is 1.04. The number of rotatable bonds is 2. The first-order valence-electron chi connectivity index (χ1n) is 3.91. The van der Waals surface area contributed by atoms with Crippen LogP contribution in [0, 0.1) is 0 Å². The van der Waals surface area contributed by atoms with Crippen molar-refractivity contribution in [1.29, 1.82) is 0 Å². The van der Waals surface area contributed by atoms with Crippen molar-refractivity contribution in [3.8, 4) is 0 Å². The summed E-state index contributed by atoms with van der Waals surface area (Å²) in [7, 11) is 0. The molecular formula is C9H16LiNO2. The molecule has 4 heteroatoms. The molecule has 0 radical (unpaired) electrons. The van der Waals surface area contributed by atoms with Crippen LogP contribution in [0.2, 0.25) is 0 Å². The van der Waals surface area contributed by atoms with Crippen LogP contribution in [0.15, 0.2) is 17.6 Å². The fourth-order valence-corrected chi connectivity index (χ4v) is 0.507. The summed E-state index contributed by atoms with van der Waals surface area (Å²) < 4.78 is 4.96. The molecule has 0 fully saturated rings. The standard InChI is InChI=1S/C9H17NO2.Li/c1-6-7(2)10-8(11)12-9(3,4)5;/h6-7H,1H2,2-5H3,(H,10,11);/q;+1/p-1. The molecule has 0 aromatic carbocycles. The van der Waals surface area contributed by atoms with E-state index in [4.69, 9.17) is 4.74 Å². The van der Waals surface area contributed by atoms with Crippen LogP contribution >= 0.6 is 0 Å². The van der Waals surface area contributed by atoms with Gasteiger partial charge in [0.2, 0.25) is 0 Å². The Labute approximate surface area is 92.1 Å². The van der Waals surface area contributed by atoms with Gasteiger partial charge >= 0.3 is 18.9 Å². The molecule has 0 bridgehead atoms. The van der Waals surface area contributed by atoms with Crippen molar-refractivity contribution in [1.82, 2.24) is 0 Å². The molecule has 0 N–H and O–H groups in total. The molecule has 13 heavy (non-hydrogen) atoms. The molecule has 1 atom stereocenters. The Kier molecular flexibility index (Phi) is 7.11. The van der Waals surface area contributed by atoms with E-state index in [-0.39, 0.29) is 24.9 Å². The van der Waals surface area contributed by atoms with Gasteiger partial charge in [-0.1, -0.05) is 26.8 Å². The molecule has 0 aliphatic heterocycles. The Morgan fingerprint density at radius 3 is 2.31 bits per heavy atom. The molecule has 0 heterocycles. The van der Waals surface area contributed by atoms with Gasteiger partial charge in [0.15, 0.2) is 0 Å². The number of ether oxygens (including phenoxy) is 1. The maximum absolute atomic E-state index is 11.0. The van der Waals surface area contributed by atoms with Crippen molar-refractivity contribution < 1.29 is 28.7 Å². The van der Waals surface area contributed by atoms with Crippen LogP contribution in [0.25, 0.3) is 0 Å². The summed E-state index contributed by atoms with van der Waals surface area (Å²) in [6, 6.07) is -0.181. The summed E-state index contributed by atoms with van der Waals surface area (Å²) in [5.41, 5.74) is -0.471. The summed E-state index contributed by atoms with van der Waals surface area (Å²) in [5, 5.41) is 11.0. The molecule has 0 aromatic rings. The smallest absolute Gasteiger partial charge is 0.595 e. The Balaban J connectivity index is 0. The minimum atomic E-state index is -0.533. The molecule has 0 saturated heterocycles. The van der Waals surface area contributed by atoms with Gasteiger partial charge in [-0.05, 0) is 6.92 Å². The molecule has 0 aliphatic rings. The molecule has 3 nitrogen and oxygen atoms in total. The third kappa shape index (κ3) is 9.52. The van der Waals surface area contributed by atoms with E-state index in [1.165, 1.54) is 0 Å². The van der Waals surface area contributed by atoms with E-state index >= 15 is 0 Å². The van der Waals surface area contributed by atoms with Gasteiger partial charge in [0.25, 0.3) is 0 Å². The Morgan fingerprint density at radius 2 is 2.00 bits per heavy atom. The van der Waals surface area contributed by atoms with Crippen LogP contribution in [0.5, 0.6) is 0 Å². The van der Waals surface area contributed by atoms with Gasteiger partial charge in [0, 0.05) is 5.60 Å². The Hall–Kier alpha value is -0.393. The summed E-state index contributed by atoms with van der Waals surface area (Å²) in [6.07, 6.45) is 1.05. The molecule has 0 aromatic heterocycles. The third-order valence-corrected chi connectivity index (χ3v) is 1.04. The van der Waals surface area contributed by atoms with Crippen molar-refractivity contribution in [2.24, 2.45) is 4.99 Å². The van der Waals surface area contributed by atoms with Crippen molar-refractivity contribution in [3.05, 3.63) is 12.7 Å². The normalized spacial score (nSPS) is 14.3. The molecule has 0 amide bonds. The molecule has 1 unspecified atom stereocenters. The first-order valence-corrected chi connectivity index (χ1v) is 3.91. The molecule has 0 saturated carbocycles. The van der Waals surface area contributed by atoms with Crippen LogP contribution < -0.4 is 24.0 Å². The van der Waals surface area contributed by atoms with E-state index < -0.39 is 11.7 Å². The zero-order valence-corrected chi connectivity index (χ0v) is 9.13. The number of aliphatic imine (C=N–C) groups is 1. The molecule has 0 spiro atoms. The van der Waals surface area contributed by atoms with Crippen molar-refractivity contribution in [2.75, 3.05) is 0 Å². The van der Waals surface area contributed by atoms with E-state index in [1.54, 1.807) is 33.8 Å². The van der Waals surface area contributed by atoms with Crippen molar-refractivity contribution >= 4 is 6.08 Å². The van der Waals surface area contributed by atoms with Gasteiger partial charge in [0.05, 0.1) is 6.04 Å². The average Bonchev–Trinajstić information content (AvgIpc) is 1.82. The topological polar surface area (TPSA) is 44.7 Å². The van der Waals surface area contributed by atoms with E-state index in [2.05, 4.69) is 11.6 Å². The first kappa shape index (κ1) is 15.1. The van der Waals surface area contributed by atoms with Gasteiger partial charge in [-0.25, -0.2) is 0 Å². The van der Waals surface area contributed by atoms with Crippen LogP contribution in [-0.2, 0) is 4.74 Å². The SMILES string of the molecule is C=CC(C)N=C([O-])OC(C)(C)C.[Li+]. The molecule has 0 rings (SSSR count). The number of nitrogens with zero attached hydrogens (tertiary/aromatic N) is 1. The zero-order chi connectivity index (χ0) is 9.78. The Bertz CT molecular complexity index is 185. The second-order valence-electron chi connectivity index (χ2n) is 3.59. The number of hydrogen-bond acceptors (Lipinski definition) is 3. The predicted molar refractivity (Wildman–Crippen MR) is 47.9 cm³/mol. The minimum Gasteiger partial charge on any atom is -0.595 e. The fourth-order valence-electron chi connectivity index (χ4n) is 0.507. The van der Waals surface area contributed by atoms with Crippen LogP contribution in [-0.4, -0.2) is 17.7 Å².